The molecule has 0 radical (unpaired) electrons. The molecule has 1 amide bonds. The Morgan fingerprint density at radius 2 is 1.78 bits per heavy atom. The van der Waals surface area contributed by atoms with Crippen LogP contribution in [0, 0.1) is 0 Å². The molecule has 0 saturated heterocycles. The summed E-state index contributed by atoms with van der Waals surface area (Å²) in [6, 6.07) is 18.3. The normalized spacial score (nSPS) is 10.9. The smallest absolute Gasteiger partial charge is 0.262 e. The lowest BCUT2D eigenvalue weighted by Crippen LogP contribution is -2.20. The Morgan fingerprint density at radius 3 is 2.59 bits per heavy atom. The topological polar surface area (TPSA) is 60.7 Å². The Bertz CT molecular complexity index is 1140. The first kappa shape index (κ1) is 17.2. The predicted molar refractivity (Wildman–Crippen MR) is 106 cm³/mol. The first-order chi connectivity index (χ1) is 13.2. The summed E-state index contributed by atoms with van der Waals surface area (Å²) in [7, 11) is 1.55. The molecular formula is C21H16ClNO4. The van der Waals surface area contributed by atoms with E-state index in [4.69, 9.17) is 25.5 Å². The third kappa shape index (κ3) is 3.41. The Labute approximate surface area is 160 Å². The van der Waals surface area contributed by atoms with E-state index in [0.717, 1.165) is 16.4 Å². The van der Waals surface area contributed by atoms with Gasteiger partial charge in [-0.3, -0.25) is 4.79 Å². The zero-order valence-corrected chi connectivity index (χ0v) is 15.2. The van der Waals surface area contributed by atoms with Crippen molar-refractivity contribution in [1.82, 2.24) is 0 Å². The summed E-state index contributed by atoms with van der Waals surface area (Å²) in [6.07, 6.45) is 0. The van der Waals surface area contributed by atoms with Crippen LogP contribution in [0.25, 0.3) is 21.9 Å². The standard InChI is InChI=1S/C21H16ClNO4/c1-25-20-10-14-13-6-2-4-8-17(13)27-19(14)11-16(20)23-21(24)12-26-18-9-5-3-7-15(18)22/h2-11H,12H2,1H3,(H,23,24). The van der Waals surface area contributed by atoms with Crippen molar-refractivity contribution in [2.24, 2.45) is 0 Å². The molecule has 0 fully saturated rings. The summed E-state index contributed by atoms with van der Waals surface area (Å²) in [4.78, 5) is 12.3. The zero-order valence-electron chi connectivity index (χ0n) is 14.5. The van der Waals surface area contributed by atoms with Gasteiger partial charge in [0.15, 0.2) is 6.61 Å². The Morgan fingerprint density at radius 1 is 1.00 bits per heavy atom. The summed E-state index contributed by atoms with van der Waals surface area (Å²) >= 11 is 6.03. The molecule has 0 saturated carbocycles. The number of para-hydroxylation sites is 2. The van der Waals surface area contributed by atoms with Gasteiger partial charge in [0.25, 0.3) is 5.91 Å². The van der Waals surface area contributed by atoms with Crippen molar-refractivity contribution >= 4 is 45.1 Å². The van der Waals surface area contributed by atoms with E-state index in [0.29, 0.717) is 27.8 Å². The van der Waals surface area contributed by atoms with Crippen LogP contribution in [0.1, 0.15) is 0 Å². The molecule has 27 heavy (non-hydrogen) atoms. The molecule has 6 heteroatoms. The van der Waals surface area contributed by atoms with Crippen molar-refractivity contribution < 1.29 is 18.7 Å². The number of benzene rings is 3. The average Bonchev–Trinajstić information content (AvgIpc) is 3.04. The quantitative estimate of drug-likeness (QED) is 0.512. The number of anilines is 1. The molecule has 4 aromatic rings. The van der Waals surface area contributed by atoms with Gasteiger partial charge in [0.2, 0.25) is 0 Å². The van der Waals surface area contributed by atoms with Gasteiger partial charge < -0.3 is 19.2 Å². The number of halogens is 1. The van der Waals surface area contributed by atoms with Crippen LogP contribution in [0.2, 0.25) is 5.02 Å². The number of methoxy groups -OCH3 is 1. The lowest BCUT2D eigenvalue weighted by Gasteiger charge is -2.11. The maximum atomic E-state index is 12.3. The zero-order chi connectivity index (χ0) is 18.8. The van der Waals surface area contributed by atoms with Crippen molar-refractivity contribution in [3.63, 3.8) is 0 Å². The number of rotatable bonds is 5. The summed E-state index contributed by atoms with van der Waals surface area (Å²) < 4.78 is 16.8. The van der Waals surface area contributed by atoms with Crippen molar-refractivity contribution in [3.05, 3.63) is 65.7 Å². The summed E-state index contributed by atoms with van der Waals surface area (Å²) in [5.74, 6) is 0.665. The van der Waals surface area contributed by atoms with Gasteiger partial charge in [-0.05, 0) is 24.3 Å². The van der Waals surface area contributed by atoms with Crippen LogP contribution in [0.3, 0.4) is 0 Å². The van der Waals surface area contributed by atoms with Crippen LogP contribution in [0.5, 0.6) is 11.5 Å². The number of nitrogens with one attached hydrogen (secondary N) is 1. The maximum Gasteiger partial charge on any atom is 0.262 e. The van der Waals surface area contributed by atoms with Crippen LogP contribution >= 0.6 is 11.6 Å². The van der Waals surface area contributed by atoms with Crippen LogP contribution in [0.15, 0.2) is 65.1 Å². The second kappa shape index (κ2) is 7.21. The fraction of sp³-hybridized carbons (Fsp3) is 0.0952. The van der Waals surface area contributed by atoms with Crippen LogP contribution in [-0.4, -0.2) is 19.6 Å². The third-order valence-corrected chi connectivity index (χ3v) is 4.48. The minimum atomic E-state index is -0.330. The molecule has 0 atom stereocenters. The highest BCUT2D eigenvalue weighted by atomic mass is 35.5. The highest BCUT2D eigenvalue weighted by molar-refractivity contribution is 6.32. The van der Waals surface area contributed by atoms with Crippen LogP contribution in [0.4, 0.5) is 5.69 Å². The summed E-state index contributed by atoms with van der Waals surface area (Å²) in [5.41, 5.74) is 1.95. The number of carbonyl (C=O) groups is 1. The largest absolute Gasteiger partial charge is 0.495 e. The average molecular weight is 382 g/mol. The van der Waals surface area contributed by atoms with E-state index in [1.807, 2.05) is 30.3 Å². The van der Waals surface area contributed by atoms with E-state index in [-0.39, 0.29) is 12.5 Å². The Hall–Kier alpha value is -3.18. The van der Waals surface area contributed by atoms with Gasteiger partial charge in [0.1, 0.15) is 22.7 Å². The van der Waals surface area contributed by atoms with Crippen LogP contribution in [-0.2, 0) is 4.79 Å². The highest BCUT2D eigenvalue weighted by Gasteiger charge is 2.14. The number of carbonyl (C=O) groups excluding carboxylic acids is 1. The highest BCUT2D eigenvalue weighted by Crippen LogP contribution is 2.36. The van der Waals surface area contributed by atoms with Crippen molar-refractivity contribution in [2.75, 3.05) is 19.0 Å². The van der Waals surface area contributed by atoms with E-state index < -0.39 is 0 Å². The van der Waals surface area contributed by atoms with Crippen molar-refractivity contribution in [1.29, 1.82) is 0 Å². The number of hydrogen-bond donors (Lipinski definition) is 1. The summed E-state index contributed by atoms with van der Waals surface area (Å²) in [5, 5.41) is 5.16. The molecule has 4 rings (SSSR count). The third-order valence-electron chi connectivity index (χ3n) is 4.17. The van der Waals surface area contributed by atoms with Crippen molar-refractivity contribution in [2.45, 2.75) is 0 Å². The molecule has 1 heterocycles. The van der Waals surface area contributed by atoms with E-state index in [2.05, 4.69) is 5.32 Å². The van der Waals surface area contributed by atoms with Gasteiger partial charge >= 0.3 is 0 Å². The SMILES string of the molecule is COc1cc2c(cc1NC(=O)COc1ccccc1Cl)oc1ccccc12. The lowest BCUT2D eigenvalue weighted by molar-refractivity contribution is -0.118. The first-order valence-electron chi connectivity index (χ1n) is 8.32. The van der Waals surface area contributed by atoms with E-state index in [1.165, 1.54) is 0 Å². The molecule has 1 N–H and O–H groups in total. The maximum absolute atomic E-state index is 12.3. The van der Waals surface area contributed by atoms with Gasteiger partial charge in [-0.2, -0.15) is 0 Å². The molecule has 1 aromatic heterocycles. The molecule has 0 spiro atoms. The van der Waals surface area contributed by atoms with Gasteiger partial charge in [0, 0.05) is 16.8 Å². The molecule has 5 nitrogen and oxygen atoms in total. The molecule has 0 unspecified atom stereocenters. The fourth-order valence-electron chi connectivity index (χ4n) is 2.91. The lowest BCUT2D eigenvalue weighted by atomic mass is 10.1. The second-order valence-corrected chi connectivity index (χ2v) is 6.32. The number of amides is 1. The fourth-order valence-corrected chi connectivity index (χ4v) is 3.10. The van der Waals surface area contributed by atoms with Crippen LogP contribution < -0.4 is 14.8 Å². The Balaban J connectivity index is 1.58. The number of hydrogen-bond acceptors (Lipinski definition) is 4. The molecule has 3 aromatic carbocycles. The van der Waals surface area contributed by atoms with Gasteiger partial charge in [-0.15, -0.1) is 0 Å². The molecule has 136 valence electrons. The number of ether oxygens (including phenoxy) is 2. The molecule has 0 aliphatic carbocycles. The minimum absolute atomic E-state index is 0.176. The van der Waals surface area contributed by atoms with Crippen molar-refractivity contribution in [3.8, 4) is 11.5 Å². The van der Waals surface area contributed by atoms with Gasteiger partial charge in [-0.1, -0.05) is 41.9 Å². The first-order valence-corrected chi connectivity index (χ1v) is 8.70. The van der Waals surface area contributed by atoms with E-state index >= 15 is 0 Å². The van der Waals surface area contributed by atoms with E-state index in [9.17, 15) is 4.79 Å². The van der Waals surface area contributed by atoms with Gasteiger partial charge in [-0.25, -0.2) is 0 Å². The summed E-state index contributed by atoms with van der Waals surface area (Å²) in [6.45, 7) is -0.176. The minimum Gasteiger partial charge on any atom is -0.495 e. The molecule has 0 aliphatic heterocycles. The number of fused-ring (bicyclic) bond motifs is 3. The van der Waals surface area contributed by atoms with E-state index in [1.54, 1.807) is 37.4 Å². The molecular weight excluding hydrogens is 366 g/mol. The molecule has 0 aliphatic rings. The second-order valence-electron chi connectivity index (χ2n) is 5.91. The Kier molecular flexibility index (Phi) is 4.60. The predicted octanol–water partition coefficient (Wildman–Crippen LogP) is 5.27. The monoisotopic (exact) mass is 381 g/mol. The number of furan rings is 1. The van der Waals surface area contributed by atoms with Gasteiger partial charge in [0.05, 0.1) is 17.8 Å². The molecule has 0 bridgehead atoms.